The molecule has 4 rings (SSSR count). The molecule has 0 aliphatic heterocycles. The maximum Gasteiger partial charge on any atom is 0.434 e. The summed E-state index contributed by atoms with van der Waals surface area (Å²) >= 11 is 7.44. The molecule has 11 heteroatoms. The fraction of sp³-hybridized carbons (Fsp3) is 0.217. The fourth-order valence-corrected chi connectivity index (χ4v) is 4.17. The van der Waals surface area contributed by atoms with Crippen molar-refractivity contribution in [3.63, 3.8) is 0 Å². The molecule has 0 saturated heterocycles. The third kappa shape index (κ3) is 5.28. The molecule has 0 atom stereocenters. The minimum atomic E-state index is -4.56. The summed E-state index contributed by atoms with van der Waals surface area (Å²) < 4.78 is 39.6. The molecule has 0 fully saturated rings. The monoisotopic (exact) mass is 505 g/mol. The van der Waals surface area contributed by atoms with Gasteiger partial charge in [-0.3, -0.25) is 9.36 Å². The van der Waals surface area contributed by atoms with Crippen LogP contribution in [0.25, 0.3) is 17.1 Å². The van der Waals surface area contributed by atoms with Gasteiger partial charge in [-0.1, -0.05) is 43.6 Å². The van der Waals surface area contributed by atoms with Gasteiger partial charge in [0.1, 0.15) is 22.8 Å². The highest BCUT2D eigenvalue weighted by Crippen LogP contribution is 2.31. The van der Waals surface area contributed by atoms with Gasteiger partial charge in [0.25, 0.3) is 5.91 Å². The summed E-state index contributed by atoms with van der Waals surface area (Å²) in [5.74, 6) is -0.289. The summed E-state index contributed by atoms with van der Waals surface area (Å²) in [5.41, 5.74) is 0.350. The highest BCUT2D eigenvalue weighted by atomic mass is 35.5. The van der Waals surface area contributed by atoms with Crippen LogP contribution in [0.5, 0.6) is 0 Å². The molecule has 34 heavy (non-hydrogen) atoms. The number of pyridine rings is 1. The Bertz CT molecular complexity index is 1310. The van der Waals surface area contributed by atoms with Crippen molar-refractivity contribution in [2.45, 2.75) is 25.4 Å². The quantitative estimate of drug-likeness (QED) is 0.361. The van der Waals surface area contributed by atoms with Crippen molar-refractivity contribution in [1.29, 1.82) is 0 Å². The first-order valence-corrected chi connectivity index (χ1v) is 11.4. The van der Waals surface area contributed by atoms with Crippen molar-refractivity contribution in [3.05, 3.63) is 81.8 Å². The van der Waals surface area contributed by atoms with E-state index in [1.807, 2.05) is 31.4 Å². The third-order valence-electron chi connectivity index (χ3n) is 5.02. The van der Waals surface area contributed by atoms with Gasteiger partial charge in [-0.25, -0.2) is 15.0 Å². The Kier molecular flexibility index (Phi) is 6.46. The molecular formula is C23H19ClF3N5OS. The number of thiazole rings is 1. The van der Waals surface area contributed by atoms with E-state index in [2.05, 4.69) is 15.3 Å². The predicted molar refractivity (Wildman–Crippen MR) is 124 cm³/mol. The Hall–Kier alpha value is -3.24. The maximum atomic E-state index is 12.8. The van der Waals surface area contributed by atoms with Gasteiger partial charge in [-0.05, 0) is 24.3 Å². The number of imidazole rings is 1. The number of halogens is 4. The van der Waals surface area contributed by atoms with Gasteiger partial charge in [0.15, 0.2) is 5.69 Å². The summed E-state index contributed by atoms with van der Waals surface area (Å²) in [6.45, 7) is 4.21. The number of carbonyl (C=O) groups excluding carboxylic acids is 1. The van der Waals surface area contributed by atoms with Crippen LogP contribution >= 0.6 is 22.9 Å². The maximum absolute atomic E-state index is 12.8. The van der Waals surface area contributed by atoms with Crippen molar-refractivity contribution in [1.82, 2.24) is 24.8 Å². The molecular weight excluding hydrogens is 487 g/mol. The topological polar surface area (TPSA) is 72.7 Å². The van der Waals surface area contributed by atoms with E-state index in [1.54, 1.807) is 18.2 Å². The molecule has 0 spiro atoms. The third-order valence-corrected chi connectivity index (χ3v) is 6.48. The lowest BCUT2D eigenvalue weighted by atomic mass is 9.94. The molecule has 4 aromatic rings. The number of nitrogens with zero attached hydrogens (tertiary/aromatic N) is 4. The Morgan fingerprint density at radius 2 is 1.85 bits per heavy atom. The number of rotatable bonds is 6. The largest absolute Gasteiger partial charge is 0.434 e. The number of alkyl halides is 3. The van der Waals surface area contributed by atoms with Crippen molar-refractivity contribution in [2.75, 3.05) is 6.54 Å². The van der Waals surface area contributed by atoms with E-state index in [0.717, 1.165) is 33.4 Å². The molecule has 1 aromatic carbocycles. The summed E-state index contributed by atoms with van der Waals surface area (Å²) in [5, 5.41) is 6.29. The number of carbonyl (C=O) groups is 1. The van der Waals surface area contributed by atoms with E-state index in [4.69, 9.17) is 16.6 Å². The molecule has 0 saturated carbocycles. The van der Waals surface area contributed by atoms with Crippen molar-refractivity contribution in [3.8, 4) is 17.1 Å². The number of aromatic nitrogens is 4. The highest BCUT2D eigenvalue weighted by Gasteiger charge is 2.33. The highest BCUT2D eigenvalue weighted by molar-refractivity contribution is 7.10. The summed E-state index contributed by atoms with van der Waals surface area (Å²) in [6.07, 6.45) is -2.72. The Morgan fingerprint density at radius 1 is 1.12 bits per heavy atom. The number of amides is 1. The van der Waals surface area contributed by atoms with Gasteiger partial charge >= 0.3 is 6.18 Å². The second-order valence-electron chi connectivity index (χ2n) is 8.16. The zero-order valence-corrected chi connectivity index (χ0v) is 19.7. The van der Waals surface area contributed by atoms with Crippen LogP contribution < -0.4 is 5.32 Å². The average molecular weight is 506 g/mol. The van der Waals surface area contributed by atoms with Crippen molar-refractivity contribution < 1.29 is 18.0 Å². The second-order valence-corrected chi connectivity index (χ2v) is 9.45. The molecule has 1 N–H and O–H groups in total. The van der Waals surface area contributed by atoms with Crippen LogP contribution in [0.1, 0.15) is 35.0 Å². The van der Waals surface area contributed by atoms with Crippen molar-refractivity contribution >= 4 is 28.8 Å². The number of hydrogen-bond acceptors (Lipinski definition) is 5. The smallest absolute Gasteiger partial charge is 0.350 e. The van der Waals surface area contributed by atoms with Crippen LogP contribution in [0.15, 0.2) is 60.4 Å². The number of benzene rings is 1. The van der Waals surface area contributed by atoms with E-state index in [9.17, 15) is 18.0 Å². The number of nitrogens with one attached hydrogen (secondary N) is 1. The van der Waals surface area contributed by atoms with E-state index in [0.29, 0.717) is 5.02 Å². The SMILES string of the molecule is CC(C)(CNC(=O)c1cccc(-n2cnc(C(F)(F)F)c2)n1)c1nc(-c2ccc(Cl)cc2)cs1. The van der Waals surface area contributed by atoms with E-state index >= 15 is 0 Å². The van der Waals surface area contributed by atoms with Crippen LogP contribution in [-0.2, 0) is 11.6 Å². The minimum Gasteiger partial charge on any atom is -0.350 e. The van der Waals surface area contributed by atoms with Crippen molar-refractivity contribution in [2.24, 2.45) is 0 Å². The molecule has 0 aliphatic carbocycles. The Labute approximate surface area is 202 Å². The van der Waals surface area contributed by atoms with Gasteiger partial charge in [0, 0.05) is 34.1 Å². The summed E-state index contributed by atoms with van der Waals surface area (Å²) in [6, 6.07) is 11.9. The van der Waals surface area contributed by atoms with Crippen LogP contribution in [0, 0.1) is 0 Å². The summed E-state index contributed by atoms with van der Waals surface area (Å²) in [4.78, 5) is 25.0. The number of hydrogen-bond donors (Lipinski definition) is 1. The van der Waals surface area contributed by atoms with Crippen LogP contribution in [0.3, 0.4) is 0 Å². The van der Waals surface area contributed by atoms with Gasteiger partial charge in [-0.2, -0.15) is 13.2 Å². The normalized spacial score (nSPS) is 12.1. The van der Waals surface area contributed by atoms with E-state index < -0.39 is 23.2 Å². The first-order valence-electron chi connectivity index (χ1n) is 10.1. The van der Waals surface area contributed by atoms with Gasteiger partial charge in [0.05, 0.1) is 5.69 Å². The molecule has 0 unspecified atom stereocenters. The standard InChI is InChI=1S/C23H19ClF3N5OS/c1-22(2,21-31-17(11-34-21)14-6-8-15(24)9-7-14)12-28-20(33)16-4-3-5-19(30-16)32-10-18(29-13-32)23(25,26)27/h3-11,13H,12H2,1-2H3,(H,28,33). The predicted octanol–water partition coefficient (Wildman–Crippen LogP) is 5.77. The van der Waals surface area contributed by atoms with E-state index in [1.165, 1.54) is 23.5 Å². The molecule has 6 nitrogen and oxygen atoms in total. The Morgan fingerprint density at radius 3 is 2.53 bits per heavy atom. The summed E-state index contributed by atoms with van der Waals surface area (Å²) in [7, 11) is 0. The van der Waals surface area contributed by atoms with Crippen LogP contribution in [-0.4, -0.2) is 32.0 Å². The second kappa shape index (κ2) is 9.19. The van der Waals surface area contributed by atoms with Gasteiger partial charge in [0.2, 0.25) is 0 Å². The zero-order chi connectivity index (χ0) is 24.5. The molecule has 0 bridgehead atoms. The average Bonchev–Trinajstić information content (AvgIpc) is 3.49. The minimum absolute atomic E-state index is 0.0801. The fourth-order valence-electron chi connectivity index (χ4n) is 3.09. The van der Waals surface area contributed by atoms with E-state index in [-0.39, 0.29) is 18.1 Å². The molecule has 1 amide bonds. The Balaban J connectivity index is 1.45. The molecule has 176 valence electrons. The molecule has 3 heterocycles. The van der Waals surface area contributed by atoms with Crippen LogP contribution in [0.4, 0.5) is 13.2 Å². The lowest BCUT2D eigenvalue weighted by molar-refractivity contribution is -0.140. The molecule has 3 aromatic heterocycles. The first kappa shape index (κ1) is 23.9. The van der Waals surface area contributed by atoms with Gasteiger partial charge < -0.3 is 5.32 Å². The lowest BCUT2D eigenvalue weighted by Gasteiger charge is -2.22. The molecule has 0 radical (unpaired) electrons. The zero-order valence-electron chi connectivity index (χ0n) is 18.1. The van der Waals surface area contributed by atoms with Gasteiger partial charge in [-0.15, -0.1) is 11.3 Å². The lowest BCUT2D eigenvalue weighted by Crippen LogP contribution is -2.37. The van der Waals surface area contributed by atoms with Crippen LogP contribution in [0.2, 0.25) is 5.02 Å². The molecule has 0 aliphatic rings. The first-order chi connectivity index (χ1) is 16.0.